The number of hydrogen-bond donors (Lipinski definition) is 1. The Morgan fingerprint density at radius 2 is 1.67 bits per heavy atom. The maximum absolute atomic E-state index is 11.8. The number of carbonyl (C=O) groups is 1. The fourth-order valence-electron chi connectivity index (χ4n) is 4.69. The van der Waals surface area contributed by atoms with Crippen molar-refractivity contribution in [3.05, 3.63) is 35.4 Å². The first-order valence-corrected chi connectivity index (χ1v) is 5.77. The molecule has 6 rings (SSSR count). The van der Waals surface area contributed by atoms with Crippen molar-refractivity contribution >= 4 is 5.91 Å². The zero-order valence-corrected chi connectivity index (χ0v) is 8.18. The predicted molar refractivity (Wildman–Crippen MR) is 54.3 cm³/mol. The first-order valence-electron chi connectivity index (χ1n) is 5.77. The van der Waals surface area contributed by atoms with Crippen LogP contribution in [0.5, 0.6) is 0 Å². The molecule has 6 bridgehead atoms. The number of amides is 1. The second-order valence-corrected chi connectivity index (χ2v) is 5.40. The van der Waals surface area contributed by atoms with Crippen LogP contribution >= 0.6 is 0 Å². The van der Waals surface area contributed by atoms with E-state index in [0.717, 1.165) is 5.92 Å². The van der Waals surface area contributed by atoms with Crippen LogP contribution in [0.15, 0.2) is 24.3 Å². The summed E-state index contributed by atoms with van der Waals surface area (Å²) in [6, 6.07) is 9.22. The summed E-state index contributed by atoms with van der Waals surface area (Å²) in [5.74, 6) is 3.34. The third-order valence-corrected chi connectivity index (χ3v) is 5.06. The Morgan fingerprint density at radius 3 is 2.40 bits per heavy atom. The van der Waals surface area contributed by atoms with Gasteiger partial charge in [0.1, 0.15) is 0 Å². The van der Waals surface area contributed by atoms with E-state index in [4.69, 9.17) is 0 Å². The highest BCUT2D eigenvalue weighted by Crippen LogP contribution is 2.76. The van der Waals surface area contributed by atoms with Crippen LogP contribution in [0.1, 0.15) is 23.0 Å². The third kappa shape index (κ3) is 0.543. The molecule has 74 valence electrons. The lowest BCUT2D eigenvalue weighted by Crippen LogP contribution is -2.33. The highest BCUT2D eigenvalue weighted by atomic mass is 16.2. The molecular formula is C13H11NO. The monoisotopic (exact) mass is 197 g/mol. The molecule has 1 aromatic carbocycles. The molecular weight excluding hydrogens is 186 g/mol. The second kappa shape index (κ2) is 1.84. The van der Waals surface area contributed by atoms with E-state index in [9.17, 15) is 4.79 Å². The summed E-state index contributed by atoms with van der Waals surface area (Å²) in [6.45, 7) is 0. The molecule has 2 saturated carbocycles. The molecule has 0 radical (unpaired) electrons. The lowest BCUT2D eigenvalue weighted by Gasteiger charge is -2.29. The smallest absolute Gasteiger partial charge is 0.224 e. The van der Waals surface area contributed by atoms with E-state index < -0.39 is 0 Å². The van der Waals surface area contributed by atoms with E-state index >= 15 is 0 Å². The Labute approximate surface area is 87.7 Å². The van der Waals surface area contributed by atoms with Crippen LogP contribution in [0.25, 0.3) is 0 Å². The lowest BCUT2D eigenvalue weighted by molar-refractivity contribution is -0.124. The lowest BCUT2D eigenvalue weighted by atomic mass is 9.74. The number of hydrogen-bond acceptors (Lipinski definition) is 1. The van der Waals surface area contributed by atoms with Crippen LogP contribution in [0.2, 0.25) is 0 Å². The third-order valence-electron chi connectivity index (χ3n) is 5.06. The van der Waals surface area contributed by atoms with Crippen LogP contribution in [0.3, 0.4) is 0 Å². The number of carbonyl (C=O) groups excluding carboxylic acids is 1. The van der Waals surface area contributed by atoms with E-state index in [1.165, 1.54) is 5.56 Å². The normalized spacial score (nSPS) is 51.3. The van der Waals surface area contributed by atoms with Gasteiger partial charge in [-0.25, -0.2) is 0 Å². The van der Waals surface area contributed by atoms with Crippen LogP contribution in [0, 0.1) is 17.8 Å². The standard InChI is InChI=1S/C13H11NO/c15-13-11-8-6-4-2-1-3-5(6)7-9(11)10(7)12(8)14-13/h1-4,7-12H,(H,14,15)/t7-,8+,9+,10+,11+,12+/m1/s1. The fourth-order valence-corrected chi connectivity index (χ4v) is 4.69. The molecule has 4 aliphatic carbocycles. The Balaban J connectivity index is 1.84. The molecule has 0 spiro atoms. The maximum atomic E-state index is 11.8. The Morgan fingerprint density at radius 1 is 0.933 bits per heavy atom. The van der Waals surface area contributed by atoms with Crippen molar-refractivity contribution in [2.24, 2.45) is 17.8 Å². The Bertz CT molecular complexity index is 509. The van der Waals surface area contributed by atoms with Gasteiger partial charge >= 0.3 is 0 Å². The zero-order chi connectivity index (χ0) is 9.73. The molecule has 0 aromatic heterocycles. The van der Waals surface area contributed by atoms with E-state index in [2.05, 4.69) is 29.6 Å². The minimum absolute atomic E-state index is 0.319. The van der Waals surface area contributed by atoms with Crippen LogP contribution in [-0.2, 0) is 4.79 Å². The first-order chi connectivity index (χ1) is 7.38. The zero-order valence-electron chi connectivity index (χ0n) is 8.18. The van der Waals surface area contributed by atoms with Crippen LogP contribution in [-0.4, -0.2) is 11.9 Å². The van der Waals surface area contributed by atoms with Crippen molar-refractivity contribution in [2.75, 3.05) is 0 Å². The highest BCUT2D eigenvalue weighted by molar-refractivity contribution is 5.88. The van der Waals surface area contributed by atoms with Crippen molar-refractivity contribution < 1.29 is 4.79 Å². The average Bonchev–Trinajstić information content (AvgIpc) is 2.84. The van der Waals surface area contributed by atoms with Gasteiger partial charge in [-0.15, -0.1) is 0 Å². The summed E-state index contributed by atoms with van der Waals surface area (Å²) < 4.78 is 0. The van der Waals surface area contributed by atoms with E-state index in [1.807, 2.05) is 0 Å². The molecule has 1 aromatic rings. The Hall–Kier alpha value is -1.31. The van der Waals surface area contributed by atoms with Gasteiger partial charge in [0.15, 0.2) is 0 Å². The molecule has 2 nitrogen and oxygen atoms in total. The van der Waals surface area contributed by atoms with Crippen molar-refractivity contribution in [3.8, 4) is 0 Å². The molecule has 1 saturated heterocycles. The summed E-state index contributed by atoms with van der Waals surface area (Å²) in [5, 5.41) is 3.18. The molecule has 2 heteroatoms. The summed E-state index contributed by atoms with van der Waals surface area (Å²) >= 11 is 0. The van der Waals surface area contributed by atoms with Gasteiger partial charge in [0.2, 0.25) is 5.91 Å². The number of nitrogens with one attached hydrogen (secondary N) is 1. The first kappa shape index (κ1) is 7.04. The SMILES string of the molecule is O=C1N[C@H]2[C@H]3c4ccccc4[C@H]4[C@H]2[C@H]4[C@@H]13. The van der Waals surface area contributed by atoms with Crippen molar-refractivity contribution in [1.29, 1.82) is 0 Å². The molecule has 1 amide bonds. The van der Waals surface area contributed by atoms with Crippen molar-refractivity contribution in [2.45, 2.75) is 17.9 Å². The van der Waals surface area contributed by atoms with Crippen LogP contribution in [0.4, 0.5) is 0 Å². The largest absolute Gasteiger partial charge is 0.352 e. The molecule has 1 N–H and O–H groups in total. The number of rotatable bonds is 0. The van der Waals surface area contributed by atoms with Gasteiger partial charge in [0.05, 0.1) is 5.92 Å². The van der Waals surface area contributed by atoms with Gasteiger partial charge in [-0.3, -0.25) is 4.79 Å². The summed E-state index contributed by atoms with van der Waals surface area (Å²) in [4.78, 5) is 11.8. The quantitative estimate of drug-likeness (QED) is 0.666. The van der Waals surface area contributed by atoms with Crippen molar-refractivity contribution in [1.82, 2.24) is 5.32 Å². The van der Waals surface area contributed by atoms with Crippen LogP contribution < -0.4 is 5.32 Å². The molecule has 1 heterocycles. The Kier molecular flexibility index (Phi) is 0.865. The van der Waals surface area contributed by atoms with Gasteiger partial charge < -0.3 is 5.32 Å². The molecule has 0 unspecified atom stereocenters. The highest BCUT2D eigenvalue weighted by Gasteiger charge is 2.76. The van der Waals surface area contributed by atoms with Gasteiger partial charge in [0.25, 0.3) is 0 Å². The van der Waals surface area contributed by atoms with Gasteiger partial charge in [-0.2, -0.15) is 0 Å². The van der Waals surface area contributed by atoms with E-state index in [1.54, 1.807) is 5.56 Å². The molecule has 3 fully saturated rings. The summed E-state index contributed by atoms with van der Waals surface area (Å²) in [5.41, 5.74) is 3.00. The minimum atomic E-state index is 0.319. The molecule has 5 aliphatic rings. The fraction of sp³-hybridized carbons (Fsp3) is 0.462. The van der Waals surface area contributed by atoms with Gasteiger partial charge in [-0.05, 0) is 28.9 Å². The summed E-state index contributed by atoms with van der Waals surface area (Å²) in [6.07, 6.45) is 0. The van der Waals surface area contributed by atoms with Gasteiger partial charge in [-0.1, -0.05) is 24.3 Å². The minimum Gasteiger partial charge on any atom is -0.352 e. The predicted octanol–water partition coefficient (Wildman–Crippen LogP) is 1.24. The van der Waals surface area contributed by atoms with E-state index in [0.29, 0.717) is 35.6 Å². The van der Waals surface area contributed by atoms with E-state index in [-0.39, 0.29) is 0 Å². The van der Waals surface area contributed by atoms with Crippen molar-refractivity contribution in [3.63, 3.8) is 0 Å². The number of benzene rings is 1. The average molecular weight is 197 g/mol. The topological polar surface area (TPSA) is 29.1 Å². The summed E-state index contributed by atoms with van der Waals surface area (Å²) in [7, 11) is 0. The van der Waals surface area contributed by atoms with Gasteiger partial charge in [0, 0.05) is 12.0 Å². The molecule has 15 heavy (non-hydrogen) atoms. The number of piperidine rings is 1. The molecule has 1 aliphatic heterocycles. The second-order valence-electron chi connectivity index (χ2n) is 5.40. The molecule has 6 atom stereocenters. The maximum Gasteiger partial charge on any atom is 0.224 e.